The summed E-state index contributed by atoms with van der Waals surface area (Å²) in [6.07, 6.45) is 46.1. The van der Waals surface area contributed by atoms with Crippen molar-refractivity contribution in [2.24, 2.45) is 0 Å². The monoisotopic (exact) mass is 748 g/mol. The molecule has 6 heteroatoms. The Morgan fingerprint density at radius 3 is 0.543 bits per heavy atom. The van der Waals surface area contributed by atoms with E-state index in [-0.39, 0.29) is 0 Å². The van der Waals surface area contributed by atoms with Crippen molar-refractivity contribution < 1.29 is 0 Å². The van der Waals surface area contributed by atoms with Crippen molar-refractivity contribution in [3.8, 4) is 0 Å². The minimum atomic E-state index is 0.397. The molecule has 0 unspecified atom stereocenters. The van der Waals surface area contributed by atoms with Crippen LogP contribution in [0.5, 0.6) is 0 Å². The fourth-order valence-corrected chi connectivity index (χ4v) is 29.3. The Morgan fingerprint density at radius 2 is 0.370 bits per heavy atom. The van der Waals surface area contributed by atoms with E-state index in [1.54, 1.807) is 0 Å². The van der Waals surface area contributed by atoms with Gasteiger partial charge in [0.2, 0.25) is 0 Å². The van der Waals surface area contributed by atoms with E-state index < -0.39 is 0 Å². The van der Waals surface area contributed by atoms with E-state index in [1.165, 1.54) is 205 Å². The second-order valence-corrected chi connectivity index (χ2v) is 27.5. The third-order valence-corrected chi connectivity index (χ3v) is 22.4. The zero-order chi connectivity index (χ0) is 32.9. The van der Waals surface area contributed by atoms with E-state index >= 15 is 0 Å². The van der Waals surface area contributed by atoms with Crippen molar-refractivity contribution in [3.63, 3.8) is 0 Å². The lowest BCUT2D eigenvalue weighted by Crippen LogP contribution is -2.53. The molecule has 0 saturated carbocycles. The van der Waals surface area contributed by atoms with E-state index in [4.69, 9.17) is 0 Å². The minimum absolute atomic E-state index is 0.397. The van der Waals surface area contributed by atoms with Crippen molar-refractivity contribution in [2.45, 2.75) is 247 Å². The molecule has 46 heavy (non-hydrogen) atoms. The Hall–Kier alpha value is 2.10. The highest BCUT2D eigenvalue weighted by Gasteiger charge is 2.71. The number of rotatable bonds is 32. The SMILES string of the molecule is CCCCCCCCCC12SC3(CCCCCCCCC)SC(CCCCCCCCC)(S1)SC(CCCCCCCCC)(S2)S3. The molecule has 4 bridgehead atoms. The maximum absolute atomic E-state index is 2.49. The van der Waals surface area contributed by atoms with Gasteiger partial charge in [-0.25, -0.2) is 0 Å². The zero-order valence-corrected chi connectivity index (χ0v) is 36.0. The summed E-state index contributed by atoms with van der Waals surface area (Å²) in [6.45, 7) is 9.39. The van der Waals surface area contributed by atoms with E-state index in [0.717, 1.165) is 0 Å². The first-order valence-corrected chi connectivity index (χ1v) is 25.6. The highest BCUT2D eigenvalue weighted by Crippen LogP contribution is 2.91. The molecule has 0 aromatic rings. The average molecular weight is 749 g/mol. The topological polar surface area (TPSA) is 0 Å². The Morgan fingerprint density at radius 1 is 0.217 bits per heavy atom. The Labute approximate surface area is 315 Å². The van der Waals surface area contributed by atoms with Crippen molar-refractivity contribution in [2.75, 3.05) is 0 Å². The van der Waals surface area contributed by atoms with Crippen molar-refractivity contribution >= 4 is 70.6 Å². The highest BCUT2D eigenvalue weighted by atomic mass is 32.4. The van der Waals surface area contributed by atoms with Gasteiger partial charge in [0.05, 0.1) is 0 Å². The number of unbranched alkanes of at least 4 members (excludes halogenated alkanes) is 24. The van der Waals surface area contributed by atoms with E-state index in [1.807, 2.05) is 0 Å². The lowest BCUT2D eigenvalue weighted by Gasteiger charge is -2.67. The van der Waals surface area contributed by atoms with Gasteiger partial charge in [-0.3, -0.25) is 0 Å². The lowest BCUT2D eigenvalue weighted by atomic mass is 10.1. The number of thioether (sulfide) groups is 6. The Bertz CT molecular complexity index is 598. The molecule has 4 heterocycles. The highest BCUT2D eigenvalue weighted by molar-refractivity contribution is 8.64. The zero-order valence-electron chi connectivity index (χ0n) is 31.1. The molecule has 0 spiro atoms. The molecule has 4 fully saturated rings. The molecule has 4 saturated heterocycles. The molecule has 0 aromatic carbocycles. The van der Waals surface area contributed by atoms with Gasteiger partial charge in [0.25, 0.3) is 0 Å². The first-order chi connectivity index (χ1) is 22.5. The van der Waals surface area contributed by atoms with Gasteiger partial charge < -0.3 is 0 Å². The van der Waals surface area contributed by atoms with Crippen LogP contribution in [0.25, 0.3) is 0 Å². The van der Waals surface area contributed by atoms with Crippen LogP contribution in [-0.4, -0.2) is 13.6 Å². The summed E-state index contributed by atoms with van der Waals surface area (Å²) in [5.41, 5.74) is 0. The van der Waals surface area contributed by atoms with Gasteiger partial charge in [0.1, 0.15) is 13.6 Å². The first kappa shape index (κ1) is 42.5. The summed E-state index contributed by atoms with van der Waals surface area (Å²) in [5, 5.41) is 0. The van der Waals surface area contributed by atoms with Gasteiger partial charge in [-0.15, -0.1) is 70.6 Å². The predicted octanol–water partition coefficient (Wildman–Crippen LogP) is 17.6. The molecular weight excluding hydrogens is 673 g/mol. The fourth-order valence-electron chi connectivity index (χ4n) is 7.48. The second-order valence-electron chi connectivity index (χ2n) is 14.8. The summed E-state index contributed by atoms with van der Waals surface area (Å²) in [7, 11) is 0. The normalized spacial score (nSPS) is 28.4. The molecule has 0 radical (unpaired) electrons. The molecule has 0 atom stereocenters. The summed E-state index contributed by atoms with van der Waals surface area (Å²) in [5.74, 6) is 0. The van der Waals surface area contributed by atoms with Crippen LogP contribution < -0.4 is 0 Å². The van der Waals surface area contributed by atoms with E-state index in [2.05, 4.69) is 98.3 Å². The van der Waals surface area contributed by atoms with Gasteiger partial charge in [-0.2, -0.15) is 0 Å². The molecule has 272 valence electrons. The summed E-state index contributed by atoms with van der Waals surface area (Å²) >= 11 is 14.9. The molecular formula is C40H76S6. The average Bonchev–Trinajstić information content (AvgIpc) is 3.02. The van der Waals surface area contributed by atoms with Gasteiger partial charge >= 0.3 is 0 Å². The van der Waals surface area contributed by atoms with Gasteiger partial charge in [0, 0.05) is 0 Å². The van der Waals surface area contributed by atoms with Crippen LogP contribution in [0.15, 0.2) is 0 Å². The molecule has 0 aliphatic carbocycles. The van der Waals surface area contributed by atoms with Crippen LogP contribution in [0.3, 0.4) is 0 Å². The molecule has 4 aliphatic rings. The molecule has 0 aromatic heterocycles. The summed E-state index contributed by atoms with van der Waals surface area (Å²) in [4.78, 5) is 0. The van der Waals surface area contributed by atoms with Gasteiger partial charge in [0.15, 0.2) is 0 Å². The second kappa shape index (κ2) is 24.4. The van der Waals surface area contributed by atoms with Crippen molar-refractivity contribution in [3.05, 3.63) is 0 Å². The molecule has 4 aliphatic heterocycles. The maximum atomic E-state index is 2.49. The van der Waals surface area contributed by atoms with Crippen LogP contribution in [0, 0.1) is 0 Å². The third kappa shape index (κ3) is 15.4. The molecule has 0 nitrogen and oxygen atoms in total. The molecule has 0 N–H and O–H groups in total. The van der Waals surface area contributed by atoms with Crippen molar-refractivity contribution in [1.82, 2.24) is 0 Å². The third-order valence-electron chi connectivity index (χ3n) is 10.2. The number of hydrogen-bond acceptors (Lipinski definition) is 6. The van der Waals surface area contributed by atoms with Crippen LogP contribution >= 0.6 is 70.6 Å². The van der Waals surface area contributed by atoms with Crippen LogP contribution in [0.2, 0.25) is 0 Å². The maximum Gasteiger partial charge on any atom is 0.113 e. The Kier molecular flexibility index (Phi) is 22.5. The van der Waals surface area contributed by atoms with E-state index in [9.17, 15) is 0 Å². The van der Waals surface area contributed by atoms with Crippen LogP contribution in [-0.2, 0) is 0 Å². The van der Waals surface area contributed by atoms with Gasteiger partial charge in [-0.05, 0) is 25.7 Å². The summed E-state index contributed by atoms with van der Waals surface area (Å²) < 4.78 is 1.59. The van der Waals surface area contributed by atoms with Crippen LogP contribution in [0.4, 0.5) is 0 Å². The quantitative estimate of drug-likeness (QED) is 0.0624. The largest absolute Gasteiger partial charge is 0.113 e. The first-order valence-electron chi connectivity index (χ1n) is 20.7. The molecule has 0 amide bonds. The fraction of sp³-hybridized carbons (Fsp3) is 1.00. The van der Waals surface area contributed by atoms with E-state index in [0.29, 0.717) is 13.6 Å². The van der Waals surface area contributed by atoms with Crippen molar-refractivity contribution in [1.29, 1.82) is 0 Å². The summed E-state index contributed by atoms with van der Waals surface area (Å²) in [6, 6.07) is 0. The predicted molar refractivity (Wildman–Crippen MR) is 227 cm³/mol. The standard InChI is InChI=1S/C40H76S6/c1-5-9-13-17-21-25-29-33-37-41-38(34-30-26-22-18-14-10-6-2)44-39(42-37,35-31-27-23-19-15-11-7-3)46-40(43-37,45-38)36-32-28-24-20-16-12-8-4/h5-36H2,1-4H3. The minimum Gasteiger partial charge on any atom is -0.104 e. The lowest BCUT2D eigenvalue weighted by molar-refractivity contribution is 0.567. The smallest absolute Gasteiger partial charge is 0.104 e. The number of hydrogen-bond donors (Lipinski definition) is 0. The van der Waals surface area contributed by atoms with Crippen LogP contribution in [0.1, 0.15) is 233 Å². The Balaban J connectivity index is 1.69. The molecule has 4 rings (SSSR count). The van der Waals surface area contributed by atoms with Gasteiger partial charge in [-0.1, -0.05) is 207 Å².